The highest BCUT2D eigenvalue weighted by molar-refractivity contribution is 7.22. The van der Waals surface area contributed by atoms with E-state index in [2.05, 4.69) is 41.6 Å². The van der Waals surface area contributed by atoms with Crippen LogP contribution >= 0.6 is 22.7 Å². The van der Waals surface area contributed by atoms with Crippen LogP contribution in [0.2, 0.25) is 0 Å². The van der Waals surface area contributed by atoms with E-state index in [1.807, 2.05) is 5.51 Å². The van der Waals surface area contributed by atoms with Gasteiger partial charge in [0.1, 0.15) is 10.7 Å². The fraction of sp³-hybridized carbons (Fsp3) is 0.286. The molecule has 0 fully saturated rings. The molecule has 0 saturated carbocycles. The molecule has 4 nitrogen and oxygen atoms in total. The molecule has 0 aliphatic carbocycles. The molecule has 0 aliphatic rings. The van der Waals surface area contributed by atoms with Crippen LogP contribution in [-0.4, -0.2) is 19.5 Å². The van der Waals surface area contributed by atoms with Gasteiger partial charge in [0, 0.05) is 13.2 Å². The molecule has 4 rings (SSSR count). The van der Waals surface area contributed by atoms with Gasteiger partial charge in [0.25, 0.3) is 0 Å². The largest absolute Gasteiger partial charge is 0.336 e. The Morgan fingerprint density at radius 2 is 2.20 bits per heavy atom. The number of nitrogens with one attached hydrogen (secondary N) is 1. The number of aryl methyl sites for hydroxylation is 3. The van der Waals surface area contributed by atoms with Crippen molar-refractivity contribution in [2.75, 3.05) is 0 Å². The number of aromatic amines is 1. The zero-order valence-electron chi connectivity index (χ0n) is 11.5. The Bertz CT molecular complexity index is 922. The molecule has 0 spiro atoms. The molecule has 1 N–H and O–H groups in total. The van der Waals surface area contributed by atoms with Crippen molar-refractivity contribution in [2.45, 2.75) is 20.3 Å². The van der Waals surface area contributed by atoms with Crippen LogP contribution in [0.1, 0.15) is 18.1 Å². The number of fused-ring (bicyclic) bond motifs is 2. The maximum Gasteiger partial charge on any atom is 0.151 e. The van der Waals surface area contributed by atoms with Crippen molar-refractivity contribution < 1.29 is 0 Å². The van der Waals surface area contributed by atoms with E-state index in [0.717, 1.165) is 28.4 Å². The Balaban J connectivity index is 1.97. The highest BCUT2D eigenvalue weighted by Gasteiger charge is 2.18. The van der Waals surface area contributed by atoms with E-state index in [0.29, 0.717) is 0 Å². The standard InChI is InChI=1S/C14H14N4S2/c1-4-8-5-18(3)13-11(8)20-14(17-13)9-7(2)10-12(16-9)15-6-19-10/h5-6,16H,4H2,1-3H3. The maximum absolute atomic E-state index is 4.81. The van der Waals surface area contributed by atoms with Crippen molar-refractivity contribution in [1.29, 1.82) is 0 Å². The van der Waals surface area contributed by atoms with Crippen molar-refractivity contribution in [1.82, 2.24) is 19.5 Å². The van der Waals surface area contributed by atoms with Gasteiger partial charge >= 0.3 is 0 Å². The van der Waals surface area contributed by atoms with Gasteiger partial charge in [0.2, 0.25) is 0 Å². The fourth-order valence-electron chi connectivity index (χ4n) is 2.61. The fourth-order valence-corrected chi connectivity index (χ4v) is 4.61. The number of nitrogens with zero attached hydrogens (tertiary/aromatic N) is 3. The topological polar surface area (TPSA) is 46.5 Å². The van der Waals surface area contributed by atoms with Gasteiger partial charge in [-0.25, -0.2) is 9.97 Å². The van der Waals surface area contributed by atoms with Crippen molar-refractivity contribution in [3.8, 4) is 10.7 Å². The molecule has 0 amide bonds. The number of H-pyrrole nitrogens is 1. The number of aromatic nitrogens is 4. The average Bonchev–Trinajstić information content (AvgIpc) is 3.14. The molecule has 0 atom stereocenters. The Kier molecular flexibility index (Phi) is 2.52. The second-order valence-corrected chi connectivity index (χ2v) is 6.80. The van der Waals surface area contributed by atoms with Crippen molar-refractivity contribution in [3.63, 3.8) is 0 Å². The van der Waals surface area contributed by atoms with Crippen LogP contribution in [-0.2, 0) is 13.5 Å². The molecule has 0 unspecified atom stereocenters. The zero-order valence-corrected chi connectivity index (χ0v) is 13.2. The number of hydrogen-bond acceptors (Lipinski definition) is 4. The Hall–Kier alpha value is -1.66. The second-order valence-electron chi connectivity index (χ2n) is 4.95. The smallest absolute Gasteiger partial charge is 0.151 e. The lowest BCUT2D eigenvalue weighted by Crippen LogP contribution is -1.86. The quantitative estimate of drug-likeness (QED) is 0.605. The summed E-state index contributed by atoms with van der Waals surface area (Å²) in [7, 11) is 2.06. The van der Waals surface area contributed by atoms with Gasteiger partial charge in [-0.15, -0.1) is 22.7 Å². The minimum absolute atomic E-state index is 0.970. The lowest BCUT2D eigenvalue weighted by molar-refractivity contribution is 0.939. The summed E-state index contributed by atoms with van der Waals surface area (Å²) < 4.78 is 4.65. The van der Waals surface area contributed by atoms with Crippen molar-refractivity contribution in [3.05, 3.63) is 22.8 Å². The summed E-state index contributed by atoms with van der Waals surface area (Å²) in [5.41, 5.74) is 7.66. The molecule has 6 heteroatoms. The molecule has 4 aromatic rings. The van der Waals surface area contributed by atoms with Crippen LogP contribution in [0.4, 0.5) is 0 Å². The summed E-state index contributed by atoms with van der Waals surface area (Å²) in [5, 5.41) is 1.06. The van der Waals surface area contributed by atoms with Crippen LogP contribution in [0.25, 0.3) is 31.4 Å². The maximum atomic E-state index is 4.81. The zero-order chi connectivity index (χ0) is 13.9. The van der Waals surface area contributed by atoms with Crippen LogP contribution in [0.3, 0.4) is 0 Å². The van der Waals surface area contributed by atoms with E-state index in [-0.39, 0.29) is 0 Å². The molecule has 0 radical (unpaired) electrons. The molecule has 102 valence electrons. The molecule has 0 aromatic carbocycles. The first kappa shape index (κ1) is 12.1. The lowest BCUT2D eigenvalue weighted by atomic mass is 10.3. The second kappa shape index (κ2) is 4.17. The summed E-state index contributed by atoms with van der Waals surface area (Å²) in [5.74, 6) is 0. The lowest BCUT2D eigenvalue weighted by Gasteiger charge is -1.95. The highest BCUT2D eigenvalue weighted by atomic mass is 32.1. The van der Waals surface area contributed by atoms with Crippen LogP contribution in [0.15, 0.2) is 11.7 Å². The van der Waals surface area contributed by atoms with Crippen molar-refractivity contribution in [2.24, 2.45) is 7.05 Å². The van der Waals surface area contributed by atoms with Crippen molar-refractivity contribution >= 4 is 43.4 Å². The van der Waals surface area contributed by atoms with Gasteiger partial charge < -0.3 is 9.55 Å². The first-order valence-corrected chi connectivity index (χ1v) is 8.25. The highest BCUT2D eigenvalue weighted by Crippen LogP contribution is 2.37. The minimum atomic E-state index is 0.970. The van der Waals surface area contributed by atoms with Crippen LogP contribution in [0.5, 0.6) is 0 Å². The third kappa shape index (κ3) is 1.52. The number of thiazole rings is 2. The van der Waals surface area contributed by atoms with Crippen LogP contribution in [0, 0.1) is 6.92 Å². The third-order valence-electron chi connectivity index (χ3n) is 3.71. The minimum Gasteiger partial charge on any atom is -0.336 e. The summed E-state index contributed by atoms with van der Waals surface area (Å²) in [6.07, 6.45) is 3.22. The summed E-state index contributed by atoms with van der Waals surface area (Å²) in [6.45, 7) is 4.33. The molecule has 0 bridgehead atoms. The van der Waals surface area contributed by atoms with E-state index < -0.39 is 0 Å². The predicted molar refractivity (Wildman–Crippen MR) is 85.7 cm³/mol. The van der Waals surface area contributed by atoms with E-state index >= 15 is 0 Å². The molecular weight excluding hydrogens is 288 g/mol. The van der Waals surface area contributed by atoms with Gasteiger partial charge in [-0.05, 0) is 24.5 Å². The molecule has 20 heavy (non-hydrogen) atoms. The summed E-state index contributed by atoms with van der Waals surface area (Å²) in [6, 6.07) is 0. The average molecular weight is 302 g/mol. The first-order valence-electron chi connectivity index (χ1n) is 6.56. The molecule has 0 saturated heterocycles. The van der Waals surface area contributed by atoms with E-state index in [1.165, 1.54) is 20.5 Å². The van der Waals surface area contributed by atoms with Gasteiger partial charge in [-0.1, -0.05) is 6.92 Å². The summed E-state index contributed by atoms with van der Waals surface area (Å²) in [4.78, 5) is 12.6. The Morgan fingerprint density at radius 1 is 1.35 bits per heavy atom. The Labute approximate surface area is 124 Å². The van der Waals surface area contributed by atoms with E-state index in [4.69, 9.17) is 4.98 Å². The Morgan fingerprint density at radius 3 is 2.95 bits per heavy atom. The SMILES string of the molecule is CCc1cn(C)c2nc(-c3[nH]c4ncsc4c3C)sc12. The van der Waals surface area contributed by atoms with Gasteiger partial charge in [-0.3, -0.25) is 0 Å². The third-order valence-corrected chi connectivity index (χ3v) is 5.79. The van der Waals surface area contributed by atoms with Crippen LogP contribution < -0.4 is 0 Å². The predicted octanol–water partition coefficient (Wildman–Crippen LogP) is 4.11. The molecule has 4 heterocycles. The van der Waals surface area contributed by atoms with E-state index in [1.54, 1.807) is 22.7 Å². The molecule has 4 aromatic heterocycles. The monoisotopic (exact) mass is 302 g/mol. The normalized spacial score (nSPS) is 11.9. The van der Waals surface area contributed by atoms with Gasteiger partial charge in [0.05, 0.1) is 20.6 Å². The summed E-state index contributed by atoms with van der Waals surface area (Å²) >= 11 is 3.45. The van der Waals surface area contributed by atoms with E-state index in [9.17, 15) is 0 Å². The first-order chi connectivity index (χ1) is 9.69. The number of rotatable bonds is 2. The van der Waals surface area contributed by atoms with Gasteiger partial charge in [-0.2, -0.15) is 0 Å². The molecule has 0 aliphatic heterocycles. The number of hydrogen-bond donors (Lipinski definition) is 1. The van der Waals surface area contributed by atoms with Gasteiger partial charge in [0.15, 0.2) is 5.65 Å². The molecular formula is C14H14N4S2.